The van der Waals surface area contributed by atoms with Crippen LogP contribution in [-0.4, -0.2) is 46.9 Å². The van der Waals surface area contributed by atoms with Gasteiger partial charge in [0, 0.05) is 12.8 Å². The summed E-state index contributed by atoms with van der Waals surface area (Å²) in [7, 11) is 0. The van der Waals surface area contributed by atoms with E-state index in [4.69, 9.17) is 0 Å². The minimum absolute atomic E-state index is 0.124. The van der Waals surface area contributed by atoms with Crippen molar-refractivity contribution in [3.8, 4) is 0 Å². The maximum atomic E-state index is 13.3. The molecule has 8 nitrogen and oxygen atoms in total. The van der Waals surface area contributed by atoms with Crippen molar-refractivity contribution in [3.05, 3.63) is 71.5 Å². The predicted molar refractivity (Wildman–Crippen MR) is 108 cm³/mol. The second-order valence-corrected chi connectivity index (χ2v) is 7.31. The lowest BCUT2D eigenvalue weighted by Gasteiger charge is -2.29. The molecule has 1 fully saturated rings. The van der Waals surface area contributed by atoms with Crippen LogP contribution in [-0.2, 0) is 32.0 Å². The van der Waals surface area contributed by atoms with E-state index in [0.717, 1.165) is 5.56 Å². The van der Waals surface area contributed by atoms with E-state index >= 15 is 0 Å². The fourth-order valence-electron chi connectivity index (χ4n) is 3.35. The SMILES string of the molecule is O=C(C[C@@H]1NC(=O)[C@H](Cc2ccccc2)NC1=O)N[C@H](Cc1cccc(F)c1)C(=O)O. The van der Waals surface area contributed by atoms with Crippen LogP contribution in [0.2, 0.25) is 0 Å². The van der Waals surface area contributed by atoms with Crippen molar-refractivity contribution < 1.29 is 28.7 Å². The van der Waals surface area contributed by atoms with E-state index < -0.39 is 54.1 Å². The number of hydrogen-bond acceptors (Lipinski definition) is 4. The summed E-state index contributed by atoms with van der Waals surface area (Å²) in [5.74, 6) is -3.47. The molecule has 162 valence electrons. The summed E-state index contributed by atoms with van der Waals surface area (Å²) in [5.41, 5.74) is 1.28. The Morgan fingerprint density at radius 2 is 1.61 bits per heavy atom. The summed E-state index contributed by atoms with van der Waals surface area (Å²) < 4.78 is 13.3. The second-order valence-electron chi connectivity index (χ2n) is 7.31. The van der Waals surface area contributed by atoms with E-state index in [1.54, 1.807) is 6.07 Å². The number of aliphatic carboxylic acids is 1. The van der Waals surface area contributed by atoms with E-state index in [9.17, 15) is 28.7 Å². The van der Waals surface area contributed by atoms with E-state index in [-0.39, 0.29) is 6.42 Å². The van der Waals surface area contributed by atoms with Gasteiger partial charge in [0.15, 0.2) is 0 Å². The topological polar surface area (TPSA) is 125 Å². The fourth-order valence-corrected chi connectivity index (χ4v) is 3.35. The molecule has 0 aliphatic carbocycles. The molecule has 0 unspecified atom stereocenters. The number of carboxylic acids is 1. The van der Waals surface area contributed by atoms with Crippen LogP contribution in [0.5, 0.6) is 0 Å². The molecule has 0 spiro atoms. The largest absolute Gasteiger partial charge is 0.480 e. The van der Waals surface area contributed by atoms with Crippen LogP contribution in [0, 0.1) is 5.82 Å². The first-order chi connectivity index (χ1) is 14.8. The third kappa shape index (κ3) is 6.11. The molecule has 3 atom stereocenters. The Labute approximate surface area is 177 Å². The second kappa shape index (κ2) is 9.84. The quantitative estimate of drug-likeness (QED) is 0.490. The molecule has 1 heterocycles. The first-order valence-corrected chi connectivity index (χ1v) is 9.73. The van der Waals surface area contributed by atoms with Gasteiger partial charge in [-0.2, -0.15) is 0 Å². The van der Waals surface area contributed by atoms with E-state index in [0.29, 0.717) is 12.0 Å². The molecule has 0 radical (unpaired) electrons. The zero-order valence-corrected chi connectivity index (χ0v) is 16.5. The average molecular weight is 427 g/mol. The molecule has 9 heteroatoms. The molecule has 1 saturated heterocycles. The van der Waals surface area contributed by atoms with Gasteiger partial charge in [0.2, 0.25) is 17.7 Å². The molecule has 1 aliphatic heterocycles. The third-order valence-corrected chi connectivity index (χ3v) is 4.90. The summed E-state index contributed by atoms with van der Waals surface area (Å²) >= 11 is 0. The van der Waals surface area contributed by atoms with Gasteiger partial charge in [-0.1, -0.05) is 42.5 Å². The number of nitrogens with one attached hydrogen (secondary N) is 3. The molecule has 0 bridgehead atoms. The smallest absolute Gasteiger partial charge is 0.326 e. The highest BCUT2D eigenvalue weighted by atomic mass is 19.1. The summed E-state index contributed by atoms with van der Waals surface area (Å²) in [6.07, 6.45) is -0.226. The lowest BCUT2D eigenvalue weighted by molar-refractivity contribution is -0.142. The molecule has 0 aromatic heterocycles. The normalized spacial score (nSPS) is 19.1. The van der Waals surface area contributed by atoms with Gasteiger partial charge < -0.3 is 21.1 Å². The van der Waals surface area contributed by atoms with Gasteiger partial charge in [0.1, 0.15) is 23.9 Å². The van der Waals surface area contributed by atoms with Crippen LogP contribution in [0.4, 0.5) is 4.39 Å². The number of amides is 3. The molecular formula is C22H22FN3O5. The number of carbonyl (C=O) groups is 4. The highest BCUT2D eigenvalue weighted by molar-refractivity contribution is 5.99. The zero-order chi connectivity index (χ0) is 22.4. The number of benzene rings is 2. The van der Waals surface area contributed by atoms with Crippen molar-refractivity contribution in [2.24, 2.45) is 0 Å². The Balaban J connectivity index is 1.56. The van der Waals surface area contributed by atoms with Crippen LogP contribution in [0.1, 0.15) is 17.5 Å². The van der Waals surface area contributed by atoms with Gasteiger partial charge in [-0.15, -0.1) is 0 Å². The number of rotatable bonds is 8. The Bertz CT molecular complexity index is 982. The Hall–Kier alpha value is -3.75. The Kier molecular flexibility index (Phi) is 6.96. The number of halogens is 1. The van der Waals surface area contributed by atoms with E-state index in [1.165, 1.54) is 18.2 Å². The van der Waals surface area contributed by atoms with Gasteiger partial charge >= 0.3 is 5.97 Å². The molecule has 3 rings (SSSR count). The van der Waals surface area contributed by atoms with Crippen LogP contribution in [0.25, 0.3) is 0 Å². The Morgan fingerprint density at radius 1 is 0.968 bits per heavy atom. The maximum Gasteiger partial charge on any atom is 0.326 e. The standard InChI is InChI=1S/C22H22FN3O5/c23-15-8-4-7-14(9-15)11-18(22(30)31)24-19(27)12-17-21(29)25-16(20(28)26-17)10-13-5-2-1-3-6-13/h1-9,16-18H,10-12H2,(H,24,27)(H,25,29)(H,26,28)(H,30,31)/t16-,17-,18+/m0/s1. The fraction of sp³-hybridized carbons (Fsp3) is 0.273. The van der Waals surface area contributed by atoms with Crippen molar-refractivity contribution in [1.82, 2.24) is 16.0 Å². The lowest BCUT2D eigenvalue weighted by atomic mass is 10.0. The number of carbonyl (C=O) groups excluding carboxylic acids is 3. The van der Waals surface area contributed by atoms with Crippen LogP contribution < -0.4 is 16.0 Å². The van der Waals surface area contributed by atoms with Crippen molar-refractivity contribution in [3.63, 3.8) is 0 Å². The molecule has 31 heavy (non-hydrogen) atoms. The van der Waals surface area contributed by atoms with Crippen LogP contribution >= 0.6 is 0 Å². The molecular weight excluding hydrogens is 405 g/mol. The summed E-state index contributed by atoms with van der Waals surface area (Å²) in [5, 5.41) is 16.8. The average Bonchev–Trinajstić information content (AvgIpc) is 2.72. The van der Waals surface area contributed by atoms with Crippen molar-refractivity contribution in [2.45, 2.75) is 37.4 Å². The van der Waals surface area contributed by atoms with Crippen molar-refractivity contribution >= 4 is 23.7 Å². The van der Waals surface area contributed by atoms with Gasteiger partial charge in [0.25, 0.3) is 0 Å². The first-order valence-electron chi connectivity index (χ1n) is 9.73. The molecule has 1 aliphatic rings. The summed E-state index contributed by atoms with van der Waals surface area (Å²) in [4.78, 5) is 48.5. The van der Waals surface area contributed by atoms with Crippen molar-refractivity contribution in [1.29, 1.82) is 0 Å². The summed E-state index contributed by atoms with van der Waals surface area (Å²) in [6, 6.07) is 11.4. The number of carboxylic acid groups (broad SMARTS) is 1. The number of piperazine rings is 1. The molecule has 2 aromatic carbocycles. The monoisotopic (exact) mass is 427 g/mol. The van der Waals surface area contributed by atoms with Crippen molar-refractivity contribution in [2.75, 3.05) is 0 Å². The first kappa shape index (κ1) is 21.9. The van der Waals surface area contributed by atoms with E-state index in [1.807, 2.05) is 30.3 Å². The third-order valence-electron chi connectivity index (χ3n) is 4.90. The minimum Gasteiger partial charge on any atom is -0.480 e. The highest BCUT2D eigenvalue weighted by Crippen LogP contribution is 2.10. The van der Waals surface area contributed by atoms with Gasteiger partial charge in [-0.05, 0) is 23.3 Å². The predicted octanol–water partition coefficient (Wildman–Crippen LogP) is 0.554. The zero-order valence-electron chi connectivity index (χ0n) is 16.5. The van der Waals surface area contributed by atoms with Gasteiger partial charge in [-0.3, -0.25) is 14.4 Å². The highest BCUT2D eigenvalue weighted by Gasteiger charge is 2.35. The summed E-state index contributed by atoms with van der Waals surface area (Å²) in [6.45, 7) is 0. The minimum atomic E-state index is -1.30. The van der Waals surface area contributed by atoms with Gasteiger partial charge in [0.05, 0.1) is 6.42 Å². The maximum absolute atomic E-state index is 13.3. The Morgan fingerprint density at radius 3 is 2.29 bits per heavy atom. The molecule has 0 saturated carbocycles. The van der Waals surface area contributed by atoms with Gasteiger partial charge in [-0.25, -0.2) is 9.18 Å². The van der Waals surface area contributed by atoms with Crippen LogP contribution in [0.15, 0.2) is 54.6 Å². The molecule has 2 aromatic rings. The molecule has 3 amide bonds. The lowest BCUT2D eigenvalue weighted by Crippen LogP contribution is -2.63. The molecule has 4 N–H and O–H groups in total. The van der Waals surface area contributed by atoms with Crippen LogP contribution in [0.3, 0.4) is 0 Å². The number of hydrogen-bond donors (Lipinski definition) is 4. The van der Waals surface area contributed by atoms with E-state index in [2.05, 4.69) is 16.0 Å².